The third-order valence-corrected chi connectivity index (χ3v) is 6.76. The van der Waals surface area contributed by atoms with Gasteiger partial charge < -0.3 is 0 Å². The van der Waals surface area contributed by atoms with Crippen LogP contribution in [0.4, 0.5) is 5.95 Å². The molecule has 2 heterocycles. The minimum absolute atomic E-state index is 0.545. The van der Waals surface area contributed by atoms with Gasteiger partial charge in [0.1, 0.15) is 5.84 Å². The van der Waals surface area contributed by atoms with Crippen LogP contribution < -0.4 is 0 Å². The Morgan fingerprint density at radius 2 is 1.75 bits per heavy atom. The summed E-state index contributed by atoms with van der Waals surface area (Å²) in [6.07, 6.45) is 0.716. The van der Waals surface area contributed by atoms with Gasteiger partial charge in [0.15, 0.2) is 0 Å². The van der Waals surface area contributed by atoms with Crippen LogP contribution in [0.2, 0.25) is 0 Å². The first kappa shape index (κ1) is 15.2. The number of imidazole rings is 1. The lowest BCUT2D eigenvalue weighted by Crippen LogP contribution is -2.32. The van der Waals surface area contributed by atoms with Crippen LogP contribution in [0.15, 0.2) is 59.6 Å². The zero-order valence-electron chi connectivity index (χ0n) is 13.8. The molecule has 0 N–H and O–H groups in total. The summed E-state index contributed by atoms with van der Waals surface area (Å²) < 4.78 is 17.6. The maximum absolute atomic E-state index is 13.8. The number of aliphatic imine (C=N–C) groups is 1. The predicted molar refractivity (Wildman–Crippen MR) is 98.0 cm³/mol. The molecule has 24 heavy (non-hydrogen) atoms. The van der Waals surface area contributed by atoms with Gasteiger partial charge in [-0.05, 0) is 17.7 Å². The molecule has 0 amide bonds. The molecule has 122 valence electrons. The SMILES string of the molecule is CCC1=Nc2nc3ccccc3n2P(C)(=O)N1Cc1ccccc1. The van der Waals surface area contributed by atoms with Gasteiger partial charge in [-0.15, -0.1) is 0 Å². The fourth-order valence-corrected chi connectivity index (χ4v) is 5.42. The van der Waals surface area contributed by atoms with E-state index in [1.165, 1.54) is 0 Å². The molecule has 0 saturated carbocycles. The lowest BCUT2D eigenvalue weighted by molar-refractivity contribution is 0.502. The normalized spacial score (nSPS) is 20.1. The Bertz CT molecular complexity index is 977. The molecule has 5 nitrogen and oxygen atoms in total. The smallest absolute Gasteiger partial charge is 0.268 e. The van der Waals surface area contributed by atoms with Crippen LogP contribution in [0, 0.1) is 0 Å². The Morgan fingerprint density at radius 1 is 1.04 bits per heavy atom. The quantitative estimate of drug-likeness (QED) is 0.653. The third kappa shape index (κ3) is 2.28. The second-order valence-electron chi connectivity index (χ2n) is 5.97. The lowest BCUT2D eigenvalue weighted by Gasteiger charge is -2.35. The van der Waals surface area contributed by atoms with Gasteiger partial charge in [0, 0.05) is 13.1 Å². The van der Waals surface area contributed by atoms with E-state index >= 15 is 0 Å². The van der Waals surface area contributed by atoms with Crippen molar-refractivity contribution in [3.63, 3.8) is 0 Å². The molecule has 0 spiro atoms. The van der Waals surface area contributed by atoms with Crippen molar-refractivity contribution in [2.24, 2.45) is 4.99 Å². The predicted octanol–water partition coefficient (Wildman–Crippen LogP) is 4.66. The van der Waals surface area contributed by atoms with Crippen LogP contribution in [0.25, 0.3) is 11.0 Å². The Kier molecular flexibility index (Phi) is 3.54. The molecule has 0 fully saturated rings. The van der Waals surface area contributed by atoms with Gasteiger partial charge in [0.25, 0.3) is 7.44 Å². The van der Waals surface area contributed by atoms with Crippen molar-refractivity contribution in [1.29, 1.82) is 0 Å². The highest BCUT2D eigenvalue weighted by Gasteiger charge is 2.37. The first-order valence-corrected chi connectivity index (χ1v) is 10.1. The minimum Gasteiger partial charge on any atom is -0.290 e. The molecule has 1 aliphatic heterocycles. The van der Waals surface area contributed by atoms with E-state index in [1.807, 2.05) is 58.4 Å². The number of amidine groups is 1. The van der Waals surface area contributed by atoms with Gasteiger partial charge in [0.05, 0.1) is 17.6 Å². The number of benzene rings is 2. The average molecular weight is 338 g/mol. The summed E-state index contributed by atoms with van der Waals surface area (Å²) in [5.41, 5.74) is 2.82. The minimum atomic E-state index is -2.87. The van der Waals surface area contributed by atoms with Crippen molar-refractivity contribution in [1.82, 2.24) is 14.0 Å². The van der Waals surface area contributed by atoms with Crippen LogP contribution in [0.3, 0.4) is 0 Å². The largest absolute Gasteiger partial charge is 0.290 e. The molecule has 2 aromatic carbocycles. The Hall–Kier alpha value is -2.39. The van der Waals surface area contributed by atoms with Crippen molar-refractivity contribution >= 4 is 30.3 Å². The molecule has 0 bridgehead atoms. The Morgan fingerprint density at radius 3 is 2.50 bits per heavy atom. The summed E-state index contributed by atoms with van der Waals surface area (Å²) in [6, 6.07) is 17.9. The van der Waals surface area contributed by atoms with Crippen molar-refractivity contribution in [3.05, 3.63) is 60.2 Å². The second kappa shape index (κ2) is 5.60. The van der Waals surface area contributed by atoms with E-state index in [9.17, 15) is 4.57 Å². The summed E-state index contributed by atoms with van der Waals surface area (Å²) in [6.45, 7) is 4.42. The van der Waals surface area contributed by atoms with E-state index in [2.05, 4.69) is 17.1 Å². The molecular formula is C18H19N4OP. The molecule has 1 atom stereocenters. The second-order valence-corrected chi connectivity index (χ2v) is 8.53. The summed E-state index contributed by atoms with van der Waals surface area (Å²) in [5.74, 6) is 1.37. The first-order valence-electron chi connectivity index (χ1n) is 8.06. The van der Waals surface area contributed by atoms with E-state index in [0.717, 1.165) is 22.4 Å². The number of aromatic nitrogens is 2. The zero-order chi connectivity index (χ0) is 16.7. The van der Waals surface area contributed by atoms with Gasteiger partial charge in [-0.2, -0.15) is 4.99 Å². The fourth-order valence-electron chi connectivity index (χ4n) is 3.17. The molecule has 1 aromatic heterocycles. The van der Waals surface area contributed by atoms with Gasteiger partial charge in [-0.1, -0.05) is 49.4 Å². The molecule has 4 rings (SSSR count). The van der Waals surface area contributed by atoms with Crippen LogP contribution in [0.1, 0.15) is 18.9 Å². The number of hydrogen-bond donors (Lipinski definition) is 0. The number of nitrogens with zero attached hydrogens (tertiary/aromatic N) is 4. The number of hydrogen-bond acceptors (Lipinski definition) is 3. The Balaban J connectivity index is 1.88. The van der Waals surface area contributed by atoms with Crippen LogP contribution in [-0.2, 0) is 11.1 Å². The van der Waals surface area contributed by atoms with Crippen LogP contribution in [0.5, 0.6) is 0 Å². The van der Waals surface area contributed by atoms with Gasteiger partial charge >= 0.3 is 0 Å². The Labute approximate surface area is 141 Å². The lowest BCUT2D eigenvalue weighted by atomic mass is 10.2. The van der Waals surface area contributed by atoms with E-state index in [-0.39, 0.29) is 0 Å². The maximum atomic E-state index is 13.8. The third-order valence-electron chi connectivity index (χ3n) is 4.36. The monoisotopic (exact) mass is 338 g/mol. The molecule has 0 radical (unpaired) electrons. The molecule has 1 aliphatic rings. The van der Waals surface area contributed by atoms with Gasteiger partial charge in [-0.25, -0.2) is 9.32 Å². The average Bonchev–Trinajstić information content (AvgIpc) is 2.97. The first-order chi connectivity index (χ1) is 11.6. The summed E-state index contributed by atoms with van der Waals surface area (Å²) >= 11 is 0. The summed E-state index contributed by atoms with van der Waals surface area (Å²) in [5, 5.41) is 0. The highest BCUT2D eigenvalue weighted by molar-refractivity contribution is 7.60. The van der Waals surface area contributed by atoms with E-state index in [4.69, 9.17) is 4.99 Å². The van der Waals surface area contributed by atoms with Crippen LogP contribution >= 0.6 is 7.44 Å². The van der Waals surface area contributed by atoms with E-state index in [0.29, 0.717) is 18.9 Å². The molecule has 0 saturated heterocycles. The standard InChI is InChI=1S/C18H19N4OP/c1-3-17-20-18-19-15-11-7-8-12-16(15)22(18)24(2,23)21(17)13-14-9-5-4-6-10-14/h4-12H,3,13H2,1-2H3. The molecule has 1 unspecified atom stereocenters. The molecule has 6 heteroatoms. The molecule has 0 aliphatic carbocycles. The molecule has 3 aromatic rings. The number of rotatable bonds is 3. The van der Waals surface area contributed by atoms with Gasteiger partial charge in [0.2, 0.25) is 5.95 Å². The highest BCUT2D eigenvalue weighted by Crippen LogP contribution is 2.55. The summed E-state index contributed by atoms with van der Waals surface area (Å²) in [7, 11) is -2.87. The molecular weight excluding hydrogens is 319 g/mol. The van der Waals surface area contributed by atoms with Crippen molar-refractivity contribution in [2.45, 2.75) is 19.9 Å². The number of para-hydroxylation sites is 2. The van der Waals surface area contributed by atoms with Crippen molar-refractivity contribution in [3.8, 4) is 0 Å². The van der Waals surface area contributed by atoms with Crippen molar-refractivity contribution < 1.29 is 4.57 Å². The topological polar surface area (TPSA) is 50.5 Å². The zero-order valence-corrected chi connectivity index (χ0v) is 14.6. The maximum Gasteiger partial charge on any atom is 0.268 e. The fraction of sp³-hybridized carbons (Fsp3) is 0.222. The highest BCUT2D eigenvalue weighted by atomic mass is 31.2. The van der Waals surface area contributed by atoms with Gasteiger partial charge in [-0.3, -0.25) is 9.24 Å². The number of fused-ring (bicyclic) bond motifs is 3. The van der Waals surface area contributed by atoms with E-state index < -0.39 is 7.44 Å². The van der Waals surface area contributed by atoms with Crippen molar-refractivity contribution in [2.75, 3.05) is 6.66 Å². The van der Waals surface area contributed by atoms with Crippen LogP contribution in [-0.4, -0.2) is 26.5 Å². The van der Waals surface area contributed by atoms with E-state index in [1.54, 1.807) is 6.66 Å². The summed E-state index contributed by atoms with van der Waals surface area (Å²) in [4.78, 5) is 9.26.